The van der Waals surface area contributed by atoms with Crippen LogP contribution in [0.5, 0.6) is 5.75 Å². The lowest BCUT2D eigenvalue weighted by molar-refractivity contribution is 0.415. The monoisotopic (exact) mass is 383 g/mol. The molecule has 1 heterocycles. The summed E-state index contributed by atoms with van der Waals surface area (Å²) in [6, 6.07) is 11.9. The molecule has 0 saturated heterocycles. The maximum Gasteiger partial charge on any atom is 0.119 e. The summed E-state index contributed by atoms with van der Waals surface area (Å²) in [4.78, 5) is 4.78. The number of aromatic nitrogens is 1. The third-order valence-corrected chi connectivity index (χ3v) is 5.39. The van der Waals surface area contributed by atoms with Crippen LogP contribution in [0.15, 0.2) is 36.4 Å². The van der Waals surface area contributed by atoms with Crippen LogP contribution < -0.4 is 15.4 Å². The fraction of sp³-hybridized carbons (Fsp3) is 0.409. The fourth-order valence-electron chi connectivity index (χ4n) is 3.43. The van der Waals surface area contributed by atoms with Gasteiger partial charge in [0.05, 0.1) is 23.8 Å². The molecule has 142 valence electrons. The molecular formula is C22H26ClN3O. The molecule has 0 aliphatic heterocycles. The predicted octanol–water partition coefficient (Wildman–Crippen LogP) is 5.24. The highest BCUT2D eigenvalue weighted by Gasteiger charge is 2.19. The molecule has 1 saturated carbocycles. The Morgan fingerprint density at radius 3 is 2.70 bits per heavy atom. The van der Waals surface area contributed by atoms with E-state index in [2.05, 4.69) is 16.7 Å². The van der Waals surface area contributed by atoms with Crippen LogP contribution in [0.2, 0.25) is 5.02 Å². The zero-order valence-corrected chi connectivity index (χ0v) is 16.5. The van der Waals surface area contributed by atoms with Crippen LogP contribution >= 0.6 is 11.6 Å². The number of hydrogen-bond donors (Lipinski definition) is 2. The Kier molecular flexibility index (Phi) is 5.65. The highest BCUT2D eigenvalue weighted by atomic mass is 35.5. The Labute approximate surface area is 165 Å². The average Bonchev–Trinajstić information content (AvgIpc) is 3.50. The molecule has 0 radical (unpaired) electrons. The van der Waals surface area contributed by atoms with Crippen LogP contribution in [0.25, 0.3) is 21.8 Å². The number of nitrogens with zero attached hydrogens (tertiary/aromatic N) is 1. The third kappa shape index (κ3) is 4.45. The van der Waals surface area contributed by atoms with E-state index in [0.29, 0.717) is 5.02 Å². The highest BCUT2D eigenvalue weighted by molar-refractivity contribution is 6.31. The second kappa shape index (κ2) is 8.32. The van der Waals surface area contributed by atoms with Gasteiger partial charge in [-0.15, -0.1) is 0 Å². The van der Waals surface area contributed by atoms with Crippen LogP contribution in [0, 0.1) is 5.92 Å². The largest absolute Gasteiger partial charge is 0.497 e. The van der Waals surface area contributed by atoms with Crippen molar-refractivity contribution in [2.75, 3.05) is 32.1 Å². The van der Waals surface area contributed by atoms with Crippen LogP contribution in [0.4, 0.5) is 5.69 Å². The minimum atomic E-state index is 0.704. The van der Waals surface area contributed by atoms with Gasteiger partial charge in [-0.25, -0.2) is 4.98 Å². The zero-order chi connectivity index (χ0) is 18.6. The number of unbranched alkanes of at least 4 members (excludes halogenated alkanes) is 1. The minimum absolute atomic E-state index is 0.704. The lowest BCUT2D eigenvalue weighted by Crippen LogP contribution is -2.18. The molecule has 0 spiro atoms. The second-order valence-electron chi connectivity index (χ2n) is 7.31. The SMILES string of the molecule is COc1ccc2nc3cc(Cl)ccc3c(NCCCCNCC3CC3)c2c1. The Morgan fingerprint density at radius 2 is 1.89 bits per heavy atom. The van der Waals surface area contributed by atoms with E-state index < -0.39 is 0 Å². The van der Waals surface area contributed by atoms with Gasteiger partial charge in [-0.3, -0.25) is 0 Å². The molecule has 1 aromatic heterocycles. The van der Waals surface area contributed by atoms with E-state index in [9.17, 15) is 0 Å². The number of nitrogens with one attached hydrogen (secondary N) is 2. The van der Waals surface area contributed by atoms with Crippen molar-refractivity contribution in [2.24, 2.45) is 5.92 Å². The maximum atomic E-state index is 6.18. The number of rotatable bonds is 9. The summed E-state index contributed by atoms with van der Waals surface area (Å²) >= 11 is 6.18. The molecule has 3 aromatic rings. The van der Waals surface area contributed by atoms with E-state index >= 15 is 0 Å². The second-order valence-corrected chi connectivity index (χ2v) is 7.75. The van der Waals surface area contributed by atoms with Crippen LogP contribution in [0.1, 0.15) is 25.7 Å². The van der Waals surface area contributed by atoms with Crippen molar-refractivity contribution in [3.8, 4) is 5.75 Å². The van der Waals surface area contributed by atoms with Crippen molar-refractivity contribution < 1.29 is 4.74 Å². The van der Waals surface area contributed by atoms with Crippen molar-refractivity contribution in [1.82, 2.24) is 10.3 Å². The van der Waals surface area contributed by atoms with Crippen molar-refractivity contribution in [1.29, 1.82) is 0 Å². The summed E-state index contributed by atoms with van der Waals surface area (Å²) in [6.45, 7) is 3.21. The van der Waals surface area contributed by atoms with E-state index in [4.69, 9.17) is 21.3 Å². The number of halogens is 1. The molecule has 0 bridgehead atoms. The maximum absolute atomic E-state index is 6.18. The smallest absolute Gasteiger partial charge is 0.119 e. The summed E-state index contributed by atoms with van der Waals surface area (Å²) in [5, 5.41) is 10.1. The van der Waals surface area contributed by atoms with Gasteiger partial charge in [-0.1, -0.05) is 11.6 Å². The molecule has 5 heteroatoms. The lowest BCUT2D eigenvalue weighted by Gasteiger charge is -2.14. The molecule has 2 aromatic carbocycles. The number of ether oxygens (including phenoxy) is 1. The lowest BCUT2D eigenvalue weighted by atomic mass is 10.1. The first kappa shape index (κ1) is 18.3. The first-order valence-electron chi connectivity index (χ1n) is 9.76. The molecule has 4 nitrogen and oxygen atoms in total. The Hall–Kier alpha value is -2.04. The molecule has 0 amide bonds. The van der Waals surface area contributed by atoms with Crippen LogP contribution in [-0.2, 0) is 0 Å². The van der Waals surface area contributed by atoms with Crippen molar-refractivity contribution in [2.45, 2.75) is 25.7 Å². The summed E-state index contributed by atoms with van der Waals surface area (Å²) < 4.78 is 5.42. The number of methoxy groups -OCH3 is 1. The van der Waals surface area contributed by atoms with Crippen LogP contribution in [0.3, 0.4) is 0 Å². The number of hydrogen-bond acceptors (Lipinski definition) is 4. The Balaban J connectivity index is 1.52. The van der Waals surface area contributed by atoms with E-state index in [-0.39, 0.29) is 0 Å². The van der Waals surface area contributed by atoms with Crippen molar-refractivity contribution in [3.05, 3.63) is 41.4 Å². The van der Waals surface area contributed by atoms with E-state index in [1.807, 2.05) is 30.3 Å². The summed E-state index contributed by atoms with van der Waals surface area (Å²) in [5.41, 5.74) is 2.96. The minimum Gasteiger partial charge on any atom is -0.497 e. The molecule has 1 aliphatic carbocycles. The topological polar surface area (TPSA) is 46.2 Å². The summed E-state index contributed by atoms with van der Waals surface area (Å²) in [5.74, 6) is 1.78. The van der Waals surface area contributed by atoms with Gasteiger partial charge in [0.1, 0.15) is 5.75 Å². The van der Waals surface area contributed by atoms with Crippen LogP contribution in [-0.4, -0.2) is 31.7 Å². The quantitative estimate of drug-likeness (QED) is 0.391. The summed E-state index contributed by atoms with van der Waals surface area (Å²) in [6.07, 6.45) is 5.12. The molecule has 2 N–H and O–H groups in total. The van der Waals surface area contributed by atoms with Gasteiger partial charge in [0.25, 0.3) is 0 Å². The first-order chi connectivity index (χ1) is 13.2. The molecular weight excluding hydrogens is 358 g/mol. The van der Waals surface area contributed by atoms with E-state index in [0.717, 1.165) is 58.7 Å². The fourth-order valence-corrected chi connectivity index (χ4v) is 3.60. The number of pyridine rings is 1. The summed E-state index contributed by atoms with van der Waals surface area (Å²) in [7, 11) is 1.69. The Morgan fingerprint density at radius 1 is 1.04 bits per heavy atom. The first-order valence-corrected chi connectivity index (χ1v) is 10.1. The molecule has 0 atom stereocenters. The number of anilines is 1. The molecule has 1 fully saturated rings. The van der Waals surface area contributed by atoms with E-state index in [1.165, 1.54) is 25.8 Å². The van der Waals surface area contributed by atoms with Gasteiger partial charge < -0.3 is 15.4 Å². The molecule has 27 heavy (non-hydrogen) atoms. The molecule has 1 aliphatic rings. The van der Waals surface area contributed by atoms with Gasteiger partial charge in [0, 0.05) is 22.3 Å². The van der Waals surface area contributed by atoms with Gasteiger partial charge in [0.2, 0.25) is 0 Å². The third-order valence-electron chi connectivity index (χ3n) is 5.16. The zero-order valence-electron chi connectivity index (χ0n) is 15.7. The average molecular weight is 384 g/mol. The predicted molar refractivity (Wildman–Crippen MR) is 114 cm³/mol. The Bertz CT molecular complexity index is 940. The van der Waals surface area contributed by atoms with Gasteiger partial charge in [0.15, 0.2) is 0 Å². The van der Waals surface area contributed by atoms with Gasteiger partial charge in [-0.2, -0.15) is 0 Å². The van der Waals surface area contributed by atoms with Gasteiger partial charge >= 0.3 is 0 Å². The highest BCUT2D eigenvalue weighted by Crippen LogP contribution is 2.34. The normalized spacial score (nSPS) is 14.0. The standard InChI is InChI=1S/C22H26ClN3O/c1-27-17-7-9-20-19(13-17)22(18-8-6-16(23)12-21(18)26-20)25-11-3-2-10-24-14-15-4-5-15/h6-9,12-13,15,24H,2-5,10-11,14H2,1H3,(H,25,26). The van der Waals surface area contributed by atoms with Crippen molar-refractivity contribution in [3.63, 3.8) is 0 Å². The molecule has 0 unspecified atom stereocenters. The van der Waals surface area contributed by atoms with E-state index in [1.54, 1.807) is 7.11 Å². The number of benzene rings is 2. The number of fused-ring (bicyclic) bond motifs is 2. The van der Waals surface area contributed by atoms with Gasteiger partial charge in [-0.05, 0) is 81.1 Å². The molecule has 4 rings (SSSR count). The van der Waals surface area contributed by atoms with Crippen molar-refractivity contribution >= 4 is 39.1 Å².